The molecule has 3 heterocycles. The number of tetrazole rings is 1. The van der Waals surface area contributed by atoms with Crippen LogP contribution in [-0.4, -0.2) is 37.3 Å². The molecule has 1 aliphatic heterocycles. The Morgan fingerprint density at radius 3 is 2.86 bits per heavy atom. The fourth-order valence-electron chi connectivity index (χ4n) is 3.42. The molecule has 0 N–H and O–H groups in total. The molecule has 0 unspecified atom stereocenters. The van der Waals surface area contributed by atoms with Crippen LogP contribution in [0.2, 0.25) is 0 Å². The first-order valence-electron chi connectivity index (χ1n) is 7.62. The maximum Gasteiger partial charge on any atom is 0.200 e. The Morgan fingerprint density at radius 2 is 2.00 bits per heavy atom. The van der Waals surface area contributed by atoms with Gasteiger partial charge < -0.3 is 4.90 Å². The van der Waals surface area contributed by atoms with Gasteiger partial charge in [-0.2, -0.15) is 0 Å². The first kappa shape index (κ1) is 13.2. The summed E-state index contributed by atoms with van der Waals surface area (Å²) < 4.78 is 1.50. The highest BCUT2D eigenvalue weighted by Gasteiger charge is 2.37. The van der Waals surface area contributed by atoms with Crippen LogP contribution < -0.4 is 4.90 Å². The van der Waals surface area contributed by atoms with Gasteiger partial charge in [0.2, 0.25) is 0 Å². The predicted octanol–water partition coefficient (Wildman–Crippen LogP) is 2.12. The van der Waals surface area contributed by atoms with Crippen molar-refractivity contribution in [3.63, 3.8) is 0 Å². The summed E-state index contributed by atoms with van der Waals surface area (Å²) in [5, 5.41) is 16.0. The molecule has 0 bridgehead atoms. The molecular weight excluding hydrogens is 276 g/mol. The molecule has 1 saturated heterocycles. The summed E-state index contributed by atoms with van der Waals surface area (Å²) in [4.78, 5) is 2.39. The van der Waals surface area contributed by atoms with Crippen LogP contribution in [0.1, 0.15) is 25.3 Å². The van der Waals surface area contributed by atoms with Gasteiger partial charge in [-0.15, -0.1) is 14.8 Å². The van der Waals surface area contributed by atoms with Crippen molar-refractivity contribution in [2.45, 2.75) is 31.7 Å². The van der Waals surface area contributed by atoms with Crippen LogP contribution in [-0.2, 0) is 6.42 Å². The Hall–Kier alpha value is -2.50. The molecule has 1 aliphatic rings. The van der Waals surface area contributed by atoms with E-state index in [1.54, 1.807) is 0 Å². The number of fused-ring (bicyclic) bond motifs is 1. The van der Waals surface area contributed by atoms with Gasteiger partial charge in [0.05, 0.1) is 0 Å². The zero-order valence-corrected chi connectivity index (χ0v) is 12.6. The lowest BCUT2D eigenvalue weighted by Gasteiger charge is -2.36. The molecule has 2 aromatic heterocycles. The summed E-state index contributed by atoms with van der Waals surface area (Å²) in [6.07, 6.45) is 3.36. The zero-order chi connectivity index (χ0) is 15.0. The third kappa shape index (κ3) is 2.20. The Bertz CT molecular complexity index is 783. The van der Waals surface area contributed by atoms with E-state index < -0.39 is 0 Å². The summed E-state index contributed by atoms with van der Waals surface area (Å²) >= 11 is 0. The van der Waals surface area contributed by atoms with Crippen LogP contribution in [0.25, 0.3) is 5.65 Å². The van der Waals surface area contributed by atoms with E-state index in [9.17, 15) is 0 Å². The second-order valence-electron chi connectivity index (χ2n) is 6.13. The van der Waals surface area contributed by atoms with E-state index >= 15 is 0 Å². The molecule has 0 radical (unpaired) electrons. The topological polar surface area (TPSA) is 59.2 Å². The van der Waals surface area contributed by atoms with Gasteiger partial charge in [0.15, 0.2) is 11.5 Å². The summed E-state index contributed by atoms with van der Waals surface area (Å²) in [5.41, 5.74) is 2.11. The fourth-order valence-corrected chi connectivity index (χ4v) is 3.42. The molecule has 6 heteroatoms. The number of nitrogens with zero attached hydrogens (tertiary/aromatic N) is 6. The Kier molecular flexibility index (Phi) is 3.03. The first-order chi connectivity index (χ1) is 10.7. The van der Waals surface area contributed by atoms with Gasteiger partial charge >= 0.3 is 0 Å². The van der Waals surface area contributed by atoms with Gasteiger partial charge in [-0.05, 0) is 54.3 Å². The van der Waals surface area contributed by atoms with Crippen LogP contribution >= 0.6 is 0 Å². The average Bonchev–Trinajstić information content (AvgIpc) is 3.13. The minimum absolute atomic E-state index is 0.0794. The van der Waals surface area contributed by atoms with Crippen molar-refractivity contribution >= 4 is 11.5 Å². The lowest BCUT2D eigenvalue weighted by atomic mass is 9.90. The molecule has 0 saturated carbocycles. The van der Waals surface area contributed by atoms with E-state index in [0.29, 0.717) is 5.65 Å². The first-order valence-corrected chi connectivity index (χ1v) is 7.62. The Balaban J connectivity index is 1.67. The fraction of sp³-hybridized carbons (Fsp3) is 0.375. The van der Waals surface area contributed by atoms with Crippen molar-refractivity contribution in [3.8, 4) is 0 Å². The molecule has 0 aliphatic carbocycles. The van der Waals surface area contributed by atoms with E-state index in [1.807, 2.05) is 12.1 Å². The molecule has 0 spiro atoms. The van der Waals surface area contributed by atoms with Gasteiger partial charge in [0, 0.05) is 12.1 Å². The van der Waals surface area contributed by atoms with Gasteiger partial charge in [-0.1, -0.05) is 30.3 Å². The third-order valence-electron chi connectivity index (χ3n) is 4.51. The normalized spacial score (nSPS) is 21.6. The third-order valence-corrected chi connectivity index (χ3v) is 4.51. The highest BCUT2D eigenvalue weighted by molar-refractivity contribution is 5.48. The average molecular weight is 294 g/mol. The molecule has 3 aromatic rings. The van der Waals surface area contributed by atoms with Crippen molar-refractivity contribution in [1.82, 2.24) is 25.3 Å². The van der Waals surface area contributed by atoms with E-state index in [-0.39, 0.29) is 5.54 Å². The van der Waals surface area contributed by atoms with E-state index in [2.05, 4.69) is 62.8 Å². The van der Waals surface area contributed by atoms with Gasteiger partial charge in [0.25, 0.3) is 0 Å². The van der Waals surface area contributed by atoms with Crippen LogP contribution in [0.3, 0.4) is 0 Å². The lowest BCUT2D eigenvalue weighted by Crippen LogP contribution is -2.43. The Labute approximate surface area is 128 Å². The highest BCUT2D eigenvalue weighted by atomic mass is 15.6. The van der Waals surface area contributed by atoms with Crippen LogP contribution in [0.5, 0.6) is 0 Å². The summed E-state index contributed by atoms with van der Waals surface area (Å²) in [6.45, 7) is 3.34. The molecule has 1 aromatic carbocycles. The van der Waals surface area contributed by atoms with Crippen molar-refractivity contribution in [3.05, 3.63) is 48.0 Å². The van der Waals surface area contributed by atoms with Crippen molar-refractivity contribution < 1.29 is 0 Å². The number of hydrogen-bond donors (Lipinski definition) is 0. The molecule has 1 atom stereocenters. The molecule has 4 rings (SSSR count). The monoisotopic (exact) mass is 294 g/mol. The lowest BCUT2D eigenvalue weighted by molar-refractivity contribution is 0.459. The number of benzene rings is 1. The molecule has 1 fully saturated rings. The summed E-state index contributed by atoms with van der Waals surface area (Å²) in [6, 6.07) is 14.6. The van der Waals surface area contributed by atoms with Crippen molar-refractivity contribution in [2.75, 3.05) is 11.4 Å². The minimum atomic E-state index is 0.0794. The quantitative estimate of drug-likeness (QED) is 0.740. The maximum absolute atomic E-state index is 4.56. The van der Waals surface area contributed by atoms with E-state index in [0.717, 1.165) is 25.2 Å². The number of aromatic nitrogens is 5. The minimum Gasteiger partial charge on any atom is -0.349 e. The van der Waals surface area contributed by atoms with E-state index in [1.165, 1.54) is 16.6 Å². The molecule has 22 heavy (non-hydrogen) atoms. The van der Waals surface area contributed by atoms with Crippen LogP contribution in [0, 0.1) is 0 Å². The van der Waals surface area contributed by atoms with Crippen molar-refractivity contribution in [1.29, 1.82) is 0 Å². The zero-order valence-electron chi connectivity index (χ0n) is 12.6. The second kappa shape index (κ2) is 5.05. The van der Waals surface area contributed by atoms with Crippen LogP contribution in [0.4, 0.5) is 5.82 Å². The molecular formula is C16H18N6. The molecule has 112 valence electrons. The molecule has 0 amide bonds. The Morgan fingerprint density at radius 1 is 1.14 bits per heavy atom. The largest absolute Gasteiger partial charge is 0.349 e. The second-order valence-corrected chi connectivity index (χ2v) is 6.13. The summed E-state index contributed by atoms with van der Waals surface area (Å²) in [5.74, 6) is 0.940. The molecule has 6 nitrogen and oxygen atoms in total. The maximum atomic E-state index is 4.56. The van der Waals surface area contributed by atoms with Crippen molar-refractivity contribution in [2.24, 2.45) is 0 Å². The van der Waals surface area contributed by atoms with Gasteiger partial charge in [-0.25, -0.2) is 0 Å². The number of rotatable bonds is 3. The summed E-state index contributed by atoms with van der Waals surface area (Å²) in [7, 11) is 0. The van der Waals surface area contributed by atoms with E-state index in [4.69, 9.17) is 0 Å². The smallest absolute Gasteiger partial charge is 0.200 e. The van der Waals surface area contributed by atoms with Gasteiger partial charge in [-0.3, -0.25) is 0 Å². The number of anilines is 1. The SMILES string of the molecule is C[C@@]1(Cc2ccccc2)CCCN1c1ccc2nnnn2n1. The van der Waals surface area contributed by atoms with Gasteiger partial charge in [0.1, 0.15) is 0 Å². The highest BCUT2D eigenvalue weighted by Crippen LogP contribution is 2.35. The van der Waals surface area contributed by atoms with Crippen LogP contribution in [0.15, 0.2) is 42.5 Å². The standard InChI is InChI=1S/C16H18N6/c1-16(12-13-6-3-2-4-7-13)10-5-11-21(16)15-9-8-14-17-19-20-22(14)18-15/h2-4,6-9H,5,10-12H2,1H3/t16-/m0/s1. The number of hydrogen-bond acceptors (Lipinski definition) is 5. The predicted molar refractivity (Wildman–Crippen MR) is 83.7 cm³/mol.